The molecule has 2 atom stereocenters. The van der Waals surface area contributed by atoms with E-state index in [0.717, 1.165) is 0 Å². The molecule has 8 nitrogen and oxygen atoms in total. The third-order valence-electron chi connectivity index (χ3n) is 7.20. The summed E-state index contributed by atoms with van der Waals surface area (Å²) in [4.78, 5) is 13.1. The zero-order valence-electron chi connectivity index (χ0n) is 22.4. The summed E-state index contributed by atoms with van der Waals surface area (Å²) in [5.41, 5.74) is 4.81. The Balaban J connectivity index is 1.32. The van der Waals surface area contributed by atoms with Crippen molar-refractivity contribution >= 4 is 45.7 Å². The summed E-state index contributed by atoms with van der Waals surface area (Å²) in [5, 5.41) is 17.3. The van der Waals surface area contributed by atoms with Crippen LogP contribution in [-0.2, 0) is 11.3 Å². The van der Waals surface area contributed by atoms with Crippen LogP contribution in [0, 0.1) is 5.82 Å². The highest BCUT2D eigenvalue weighted by Gasteiger charge is 2.26. The molecule has 11 heteroatoms. The molecule has 214 valence electrons. The molecule has 1 fully saturated rings. The van der Waals surface area contributed by atoms with Crippen LogP contribution in [0.2, 0.25) is 10.0 Å². The van der Waals surface area contributed by atoms with Crippen LogP contribution in [0.1, 0.15) is 5.56 Å². The monoisotopic (exact) mass is 605 g/mol. The van der Waals surface area contributed by atoms with Crippen LogP contribution in [0.3, 0.4) is 0 Å². The van der Waals surface area contributed by atoms with Gasteiger partial charge in [-0.2, -0.15) is 0 Å². The summed E-state index contributed by atoms with van der Waals surface area (Å²) in [5.74, 6) is 0.426. The molecule has 0 radical (unpaired) electrons. The molecule has 0 unspecified atom stereocenters. The molecule has 1 aliphatic heterocycles. The first kappa shape index (κ1) is 28.3. The average molecular weight is 606 g/mol. The van der Waals surface area contributed by atoms with Crippen molar-refractivity contribution in [1.82, 2.24) is 20.3 Å². The number of nitrogens with one attached hydrogen (secondary N) is 2. The Kier molecular flexibility index (Phi) is 8.19. The largest absolute Gasteiger partial charge is 0.496 e. The SMILES string of the molecule is COc1cc(-c2cccc(-c3cccc(Nc4nccc5nccnc45)c3Cl)c2Cl)cc(F)c1CN[C@@H]1COC[C@@H]1O. The number of ether oxygens (including phenoxy) is 2. The summed E-state index contributed by atoms with van der Waals surface area (Å²) in [6.07, 6.45) is 4.24. The lowest BCUT2D eigenvalue weighted by Crippen LogP contribution is -2.38. The molecular formula is C31H26Cl2FN5O3. The fourth-order valence-corrected chi connectivity index (χ4v) is 5.62. The lowest BCUT2D eigenvalue weighted by molar-refractivity contribution is 0.122. The van der Waals surface area contributed by atoms with E-state index in [1.54, 1.807) is 30.7 Å². The molecule has 0 aliphatic carbocycles. The molecule has 3 N–H and O–H groups in total. The molecule has 1 saturated heterocycles. The van der Waals surface area contributed by atoms with Crippen molar-refractivity contribution in [3.63, 3.8) is 0 Å². The molecule has 0 bridgehead atoms. The maximum absolute atomic E-state index is 15.4. The Bertz CT molecular complexity index is 1770. The lowest BCUT2D eigenvalue weighted by Gasteiger charge is -2.18. The number of hydrogen-bond acceptors (Lipinski definition) is 8. The van der Waals surface area contributed by atoms with Gasteiger partial charge in [-0.15, -0.1) is 0 Å². The van der Waals surface area contributed by atoms with Gasteiger partial charge in [0.2, 0.25) is 0 Å². The molecule has 2 aromatic heterocycles. The van der Waals surface area contributed by atoms with Crippen LogP contribution in [-0.4, -0.2) is 52.5 Å². The molecule has 42 heavy (non-hydrogen) atoms. The quantitative estimate of drug-likeness (QED) is 0.187. The van der Waals surface area contributed by atoms with Crippen LogP contribution < -0.4 is 15.4 Å². The van der Waals surface area contributed by atoms with Gasteiger partial charge in [0.1, 0.15) is 17.1 Å². The normalized spacial score (nSPS) is 16.6. The number of halogens is 3. The molecule has 0 spiro atoms. The van der Waals surface area contributed by atoms with Crippen LogP contribution in [0.15, 0.2) is 73.2 Å². The van der Waals surface area contributed by atoms with Gasteiger partial charge < -0.3 is 25.2 Å². The maximum Gasteiger partial charge on any atom is 0.158 e. The summed E-state index contributed by atoms with van der Waals surface area (Å²) in [6.45, 7) is 0.779. The number of pyridine rings is 1. The van der Waals surface area contributed by atoms with E-state index in [-0.39, 0.29) is 19.2 Å². The highest BCUT2D eigenvalue weighted by Crippen LogP contribution is 2.43. The van der Waals surface area contributed by atoms with Crippen molar-refractivity contribution < 1.29 is 19.0 Å². The van der Waals surface area contributed by atoms with Gasteiger partial charge >= 0.3 is 0 Å². The van der Waals surface area contributed by atoms with E-state index in [1.807, 2.05) is 36.4 Å². The minimum Gasteiger partial charge on any atom is -0.496 e. The molecule has 6 rings (SSSR count). The van der Waals surface area contributed by atoms with Gasteiger partial charge in [0.05, 0.1) is 53.7 Å². The fraction of sp³-hybridized carbons (Fsp3) is 0.194. The van der Waals surface area contributed by atoms with Gasteiger partial charge in [-0.3, -0.25) is 4.98 Å². The second-order valence-electron chi connectivity index (χ2n) is 9.77. The smallest absolute Gasteiger partial charge is 0.158 e. The number of aromatic nitrogens is 3. The molecular weight excluding hydrogens is 580 g/mol. The number of aliphatic hydroxyl groups excluding tert-OH is 1. The van der Waals surface area contributed by atoms with Crippen molar-refractivity contribution in [3.8, 4) is 28.0 Å². The Morgan fingerprint density at radius 2 is 1.71 bits per heavy atom. The van der Waals surface area contributed by atoms with Crippen LogP contribution in [0.4, 0.5) is 15.9 Å². The van der Waals surface area contributed by atoms with Crippen molar-refractivity contribution in [2.24, 2.45) is 0 Å². The molecule has 3 aromatic carbocycles. The maximum atomic E-state index is 15.4. The van der Waals surface area contributed by atoms with Gasteiger partial charge in [-0.25, -0.2) is 14.4 Å². The Labute approximate surface area is 251 Å². The van der Waals surface area contributed by atoms with Crippen LogP contribution in [0.5, 0.6) is 5.75 Å². The van der Waals surface area contributed by atoms with Crippen LogP contribution in [0.25, 0.3) is 33.3 Å². The second kappa shape index (κ2) is 12.2. The number of methoxy groups -OCH3 is 1. The third kappa shape index (κ3) is 5.49. The average Bonchev–Trinajstić information content (AvgIpc) is 3.42. The van der Waals surface area contributed by atoms with E-state index >= 15 is 4.39 Å². The predicted octanol–water partition coefficient (Wildman–Crippen LogP) is 6.41. The van der Waals surface area contributed by atoms with E-state index < -0.39 is 11.9 Å². The molecule has 3 heterocycles. The standard InChI is InChI=1S/C31H26Cl2FN5O3/c1-41-27-13-17(12-22(34)21(27)14-38-25-15-42-16-26(25)40)18-4-2-5-19(28(18)32)20-6-3-7-23(29(20)33)39-31-30-24(8-9-37-31)35-10-11-36-30/h2-13,25-26,38,40H,14-16H2,1H3,(H,37,39)/t25-,26+/m1/s1. The van der Waals surface area contributed by atoms with Gasteiger partial charge in [0.25, 0.3) is 0 Å². The minimum absolute atomic E-state index is 0.167. The summed E-state index contributed by atoms with van der Waals surface area (Å²) >= 11 is 13.9. The van der Waals surface area contributed by atoms with Crippen molar-refractivity contribution in [3.05, 3.63) is 94.6 Å². The molecule has 0 saturated carbocycles. The van der Waals surface area contributed by atoms with E-state index in [9.17, 15) is 5.11 Å². The number of hydrogen-bond donors (Lipinski definition) is 3. The topological polar surface area (TPSA) is 101 Å². The number of anilines is 2. The van der Waals surface area contributed by atoms with Gasteiger partial charge in [-0.05, 0) is 29.8 Å². The van der Waals surface area contributed by atoms with Gasteiger partial charge in [-0.1, -0.05) is 53.5 Å². The molecule has 0 amide bonds. The molecule has 1 aliphatic rings. The highest BCUT2D eigenvalue weighted by atomic mass is 35.5. The number of benzene rings is 3. The van der Waals surface area contributed by atoms with Gasteiger partial charge in [0.15, 0.2) is 5.82 Å². The Hall–Kier alpha value is -3.86. The lowest BCUT2D eigenvalue weighted by atomic mass is 9.97. The highest BCUT2D eigenvalue weighted by molar-refractivity contribution is 6.39. The fourth-order valence-electron chi connectivity index (χ4n) is 5.01. The van der Waals surface area contributed by atoms with Gasteiger partial charge in [0, 0.05) is 47.4 Å². The first-order valence-corrected chi connectivity index (χ1v) is 14.0. The summed E-state index contributed by atoms with van der Waals surface area (Å²) < 4.78 is 26.3. The van der Waals surface area contributed by atoms with E-state index in [0.29, 0.717) is 72.8 Å². The minimum atomic E-state index is -0.641. The molecule has 5 aromatic rings. The first-order valence-electron chi connectivity index (χ1n) is 13.2. The number of fused-ring (bicyclic) bond motifs is 1. The summed E-state index contributed by atoms with van der Waals surface area (Å²) in [6, 6.07) is 15.8. The Morgan fingerprint density at radius 3 is 2.50 bits per heavy atom. The van der Waals surface area contributed by atoms with Crippen molar-refractivity contribution in [2.45, 2.75) is 18.7 Å². The van der Waals surface area contributed by atoms with E-state index in [2.05, 4.69) is 25.6 Å². The van der Waals surface area contributed by atoms with Crippen molar-refractivity contribution in [1.29, 1.82) is 0 Å². The number of rotatable bonds is 8. The van der Waals surface area contributed by atoms with Crippen LogP contribution >= 0.6 is 23.2 Å². The van der Waals surface area contributed by atoms with Crippen molar-refractivity contribution in [2.75, 3.05) is 25.6 Å². The van der Waals surface area contributed by atoms with E-state index in [1.165, 1.54) is 13.2 Å². The predicted molar refractivity (Wildman–Crippen MR) is 162 cm³/mol. The number of nitrogens with zero attached hydrogens (tertiary/aromatic N) is 3. The zero-order valence-corrected chi connectivity index (χ0v) is 24.0. The zero-order chi connectivity index (χ0) is 29.2. The first-order chi connectivity index (χ1) is 20.4. The second-order valence-corrected chi connectivity index (χ2v) is 10.5. The van der Waals surface area contributed by atoms with E-state index in [4.69, 9.17) is 32.7 Å². The third-order valence-corrected chi connectivity index (χ3v) is 8.02. The Morgan fingerprint density at radius 1 is 0.952 bits per heavy atom. The summed E-state index contributed by atoms with van der Waals surface area (Å²) in [7, 11) is 1.49. The number of aliphatic hydroxyl groups is 1.